The van der Waals surface area contributed by atoms with Gasteiger partial charge in [0.15, 0.2) is 6.20 Å². The summed E-state index contributed by atoms with van der Waals surface area (Å²) in [5.74, 6) is 0. The van der Waals surface area contributed by atoms with E-state index in [9.17, 15) is 5.21 Å². The van der Waals surface area contributed by atoms with Crippen molar-refractivity contribution >= 4 is 33.6 Å². The fourth-order valence-corrected chi connectivity index (χ4v) is 1.47. The van der Waals surface area contributed by atoms with Crippen LogP contribution in [0.2, 0.25) is 0 Å². The van der Waals surface area contributed by atoms with Crippen LogP contribution in [-0.2, 0) is 0 Å². The fourth-order valence-electron chi connectivity index (χ4n) is 1.04. The summed E-state index contributed by atoms with van der Waals surface area (Å²) in [6, 6.07) is 5.32. The largest absolute Gasteiger partial charge is 0.618 e. The number of hydrogen-bond donors (Lipinski definition) is 0. The van der Waals surface area contributed by atoms with Gasteiger partial charge in [-0.1, -0.05) is 0 Å². The van der Waals surface area contributed by atoms with Gasteiger partial charge in [0.1, 0.15) is 5.52 Å². The zero-order valence-corrected chi connectivity index (χ0v) is 8.22. The normalized spacial score (nSPS) is 10.4. The van der Waals surface area contributed by atoms with Gasteiger partial charge >= 0.3 is 0 Å². The Morgan fingerprint density at radius 1 is 1.50 bits per heavy atom. The van der Waals surface area contributed by atoms with Gasteiger partial charge in [-0.2, -0.15) is 4.73 Å². The minimum absolute atomic E-state index is 0.615. The van der Waals surface area contributed by atoms with E-state index in [0.717, 1.165) is 13.8 Å². The van der Waals surface area contributed by atoms with Crippen LogP contribution in [0.3, 0.4) is 0 Å². The predicted molar refractivity (Wildman–Crippen MR) is 53.4 cm³/mol. The first-order chi connectivity index (χ1) is 5.77. The molecule has 0 saturated carbocycles. The van der Waals surface area contributed by atoms with Crippen molar-refractivity contribution in [3.8, 4) is 0 Å². The lowest BCUT2D eigenvalue weighted by Crippen LogP contribution is -2.26. The van der Waals surface area contributed by atoms with Gasteiger partial charge in [-0.15, -0.1) is 0 Å². The summed E-state index contributed by atoms with van der Waals surface area (Å²) in [5, 5.41) is 11.2. The third-order valence-corrected chi connectivity index (χ3v) is 2.17. The molecule has 0 unspecified atom stereocenters. The minimum Gasteiger partial charge on any atom is -0.618 e. The third kappa shape index (κ3) is 1.22. The van der Waals surface area contributed by atoms with Gasteiger partial charge in [-0.25, -0.2) is 4.98 Å². The molecular formula is C8H5IN2O. The Labute approximate surface area is 82.8 Å². The van der Waals surface area contributed by atoms with Crippen LogP contribution in [0, 0.1) is 8.78 Å². The number of aromatic nitrogens is 2. The van der Waals surface area contributed by atoms with Gasteiger partial charge in [-0.3, -0.25) is 0 Å². The maximum atomic E-state index is 11.2. The highest BCUT2D eigenvalue weighted by atomic mass is 127. The molecule has 0 radical (unpaired) electrons. The Hall–Kier alpha value is -0.910. The summed E-state index contributed by atoms with van der Waals surface area (Å²) in [6.07, 6.45) is 3.21. The monoisotopic (exact) mass is 272 g/mol. The first kappa shape index (κ1) is 7.72. The number of rotatable bonds is 0. The highest BCUT2D eigenvalue weighted by Crippen LogP contribution is 2.09. The molecule has 0 aliphatic carbocycles. The molecule has 0 spiro atoms. The van der Waals surface area contributed by atoms with E-state index in [-0.39, 0.29) is 0 Å². The lowest BCUT2D eigenvalue weighted by Gasteiger charge is -1.99. The molecule has 4 heteroatoms. The summed E-state index contributed by atoms with van der Waals surface area (Å²) < 4.78 is 1.79. The Bertz CT molecular complexity index is 430. The van der Waals surface area contributed by atoms with Crippen LogP contribution in [0.15, 0.2) is 30.6 Å². The van der Waals surface area contributed by atoms with Crippen molar-refractivity contribution in [3.05, 3.63) is 39.4 Å². The van der Waals surface area contributed by atoms with Crippen molar-refractivity contribution in [3.63, 3.8) is 0 Å². The zero-order chi connectivity index (χ0) is 8.55. The van der Waals surface area contributed by atoms with E-state index in [4.69, 9.17) is 0 Å². The lowest BCUT2D eigenvalue weighted by atomic mass is 10.3. The average molecular weight is 272 g/mol. The van der Waals surface area contributed by atoms with E-state index in [1.807, 2.05) is 12.1 Å². The second kappa shape index (κ2) is 2.85. The first-order valence-electron chi connectivity index (χ1n) is 3.41. The van der Waals surface area contributed by atoms with E-state index in [2.05, 4.69) is 27.6 Å². The van der Waals surface area contributed by atoms with E-state index < -0.39 is 0 Å². The number of hydrogen-bond acceptors (Lipinski definition) is 2. The smallest absolute Gasteiger partial charge is 0.243 e. The van der Waals surface area contributed by atoms with Crippen molar-refractivity contribution < 1.29 is 4.73 Å². The molecule has 0 aromatic carbocycles. The molecular weight excluding hydrogens is 267 g/mol. The molecule has 0 atom stereocenters. The molecule has 2 aromatic heterocycles. The minimum atomic E-state index is 0.615. The van der Waals surface area contributed by atoms with Crippen LogP contribution in [0.5, 0.6) is 0 Å². The topological polar surface area (TPSA) is 39.8 Å². The fraction of sp³-hybridized carbons (Fsp3) is 0. The second-order valence-electron chi connectivity index (χ2n) is 2.39. The van der Waals surface area contributed by atoms with Crippen LogP contribution >= 0.6 is 22.6 Å². The molecule has 60 valence electrons. The summed E-state index contributed by atoms with van der Waals surface area (Å²) in [6.45, 7) is 0. The van der Waals surface area contributed by atoms with Gasteiger partial charge in [-0.05, 0) is 28.7 Å². The number of nitrogens with zero attached hydrogens (tertiary/aromatic N) is 2. The summed E-state index contributed by atoms with van der Waals surface area (Å²) >= 11 is 2.13. The highest BCUT2D eigenvalue weighted by Gasteiger charge is 2.02. The molecule has 3 nitrogen and oxygen atoms in total. The number of halogens is 1. The molecule has 0 bridgehead atoms. The van der Waals surface area contributed by atoms with E-state index in [1.54, 1.807) is 12.3 Å². The maximum Gasteiger partial charge on any atom is 0.243 e. The van der Waals surface area contributed by atoms with Crippen LogP contribution in [-0.4, -0.2) is 4.98 Å². The van der Waals surface area contributed by atoms with Crippen LogP contribution in [0.25, 0.3) is 11.0 Å². The predicted octanol–water partition coefficient (Wildman–Crippen LogP) is 1.47. The molecule has 0 N–H and O–H groups in total. The summed E-state index contributed by atoms with van der Waals surface area (Å²) in [4.78, 5) is 4.11. The molecule has 2 rings (SSSR count). The third-order valence-electron chi connectivity index (χ3n) is 1.58. The number of fused-ring (bicyclic) bond motifs is 1. The molecule has 0 aliphatic rings. The first-order valence-corrected chi connectivity index (χ1v) is 4.49. The Morgan fingerprint density at radius 2 is 2.33 bits per heavy atom. The molecule has 12 heavy (non-hydrogen) atoms. The van der Waals surface area contributed by atoms with Crippen molar-refractivity contribution in [1.29, 1.82) is 0 Å². The molecule has 0 saturated heterocycles. The Kier molecular flexibility index (Phi) is 1.84. The van der Waals surface area contributed by atoms with Gasteiger partial charge in [0.25, 0.3) is 0 Å². The lowest BCUT2D eigenvalue weighted by molar-refractivity contribution is -0.577. The van der Waals surface area contributed by atoms with Crippen molar-refractivity contribution in [2.24, 2.45) is 0 Å². The van der Waals surface area contributed by atoms with E-state index >= 15 is 0 Å². The second-order valence-corrected chi connectivity index (χ2v) is 3.64. The van der Waals surface area contributed by atoms with Gasteiger partial charge in [0.2, 0.25) is 5.52 Å². The van der Waals surface area contributed by atoms with E-state index in [1.165, 1.54) is 6.20 Å². The standard InChI is InChI=1S/C8H5IN2O/c9-6-4-8-7(10-5-6)2-1-3-11(8)12/h1-5H. The van der Waals surface area contributed by atoms with Gasteiger partial charge in [0.05, 0.1) is 0 Å². The van der Waals surface area contributed by atoms with E-state index in [0.29, 0.717) is 5.52 Å². The molecule has 0 amide bonds. The Morgan fingerprint density at radius 3 is 3.17 bits per heavy atom. The summed E-state index contributed by atoms with van der Waals surface area (Å²) in [7, 11) is 0. The maximum absolute atomic E-state index is 11.2. The SMILES string of the molecule is [O-][n+]1cccc2ncc(I)cc21. The van der Waals surface area contributed by atoms with Crippen LogP contribution < -0.4 is 4.73 Å². The molecule has 0 fully saturated rings. The van der Waals surface area contributed by atoms with Gasteiger partial charge in [0, 0.05) is 21.9 Å². The quantitative estimate of drug-likeness (QED) is 0.414. The average Bonchev–Trinajstić information content (AvgIpc) is 2.07. The summed E-state index contributed by atoms with van der Waals surface area (Å²) in [5.41, 5.74) is 1.34. The van der Waals surface area contributed by atoms with Crippen molar-refractivity contribution in [2.45, 2.75) is 0 Å². The highest BCUT2D eigenvalue weighted by molar-refractivity contribution is 14.1. The van der Waals surface area contributed by atoms with Crippen LogP contribution in [0.4, 0.5) is 0 Å². The van der Waals surface area contributed by atoms with Crippen molar-refractivity contribution in [2.75, 3.05) is 0 Å². The Balaban J connectivity index is 2.88. The van der Waals surface area contributed by atoms with Crippen LogP contribution in [0.1, 0.15) is 0 Å². The number of pyridine rings is 2. The molecule has 0 aliphatic heterocycles. The van der Waals surface area contributed by atoms with Crippen molar-refractivity contribution in [1.82, 2.24) is 4.98 Å². The van der Waals surface area contributed by atoms with Gasteiger partial charge < -0.3 is 5.21 Å². The molecule has 2 aromatic rings. The molecule has 2 heterocycles. The zero-order valence-electron chi connectivity index (χ0n) is 6.07.